The summed E-state index contributed by atoms with van der Waals surface area (Å²) in [7, 11) is 1.67. The van der Waals surface area contributed by atoms with Gasteiger partial charge in [0.05, 0.1) is 18.5 Å². The Bertz CT molecular complexity index is 1090. The van der Waals surface area contributed by atoms with E-state index in [1.165, 1.54) is 21.6 Å². The van der Waals surface area contributed by atoms with Crippen LogP contribution < -0.4 is 4.74 Å². The van der Waals surface area contributed by atoms with Gasteiger partial charge in [-0.15, -0.1) is 22.7 Å². The number of ether oxygens (including phenoxy) is 1. The number of hydrogen-bond donors (Lipinski definition) is 0. The lowest BCUT2D eigenvalue weighted by atomic mass is 10.0. The summed E-state index contributed by atoms with van der Waals surface area (Å²) in [6.07, 6.45) is 0. The summed E-state index contributed by atoms with van der Waals surface area (Å²) in [5.41, 5.74) is 6.87. The summed E-state index contributed by atoms with van der Waals surface area (Å²) in [5.74, 6) is 0.850. The third-order valence-electron chi connectivity index (χ3n) is 4.65. The predicted molar refractivity (Wildman–Crippen MR) is 115 cm³/mol. The van der Waals surface area contributed by atoms with E-state index in [0.29, 0.717) is 0 Å². The van der Waals surface area contributed by atoms with Gasteiger partial charge in [-0.2, -0.15) is 0 Å². The van der Waals surface area contributed by atoms with E-state index in [9.17, 15) is 0 Å². The standard InChI is InChI=1S/C22H20N2OS2/c1-13-5-6-17(11-14(13)2)20-15(3)27-22(24-20)21-23-19(12-26-21)16-7-9-18(25-4)10-8-16/h5-12H,1-4H3. The SMILES string of the molecule is COc1ccc(-c2csc(-c3nc(-c4ccc(C)c(C)c4)c(C)s3)n2)cc1. The Morgan fingerprint density at radius 3 is 2.26 bits per heavy atom. The lowest BCUT2D eigenvalue weighted by Crippen LogP contribution is -1.86. The van der Waals surface area contributed by atoms with Crippen molar-refractivity contribution in [3.8, 4) is 38.3 Å². The Balaban J connectivity index is 1.66. The molecule has 2 aromatic carbocycles. The molecule has 0 saturated carbocycles. The molecule has 5 heteroatoms. The maximum Gasteiger partial charge on any atom is 0.153 e. The number of thiazole rings is 2. The third-order valence-corrected chi connectivity index (χ3v) is 6.61. The largest absolute Gasteiger partial charge is 0.497 e. The topological polar surface area (TPSA) is 35.0 Å². The van der Waals surface area contributed by atoms with E-state index in [1.807, 2.05) is 24.3 Å². The predicted octanol–water partition coefficient (Wildman–Crippen LogP) is 6.53. The minimum atomic E-state index is 0.850. The van der Waals surface area contributed by atoms with Gasteiger partial charge in [-0.1, -0.05) is 12.1 Å². The van der Waals surface area contributed by atoms with Gasteiger partial charge in [0.1, 0.15) is 5.75 Å². The quantitative estimate of drug-likeness (QED) is 0.396. The first-order valence-corrected chi connectivity index (χ1v) is 10.4. The van der Waals surface area contributed by atoms with Crippen molar-refractivity contribution >= 4 is 22.7 Å². The van der Waals surface area contributed by atoms with Gasteiger partial charge in [0.2, 0.25) is 0 Å². The summed E-state index contributed by atoms with van der Waals surface area (Å²) in [6.45, 7) is 6.40. The van der Waals surface area contributed by atoms with Crippen LogP contribution in [0, 0.1) is 20.8 Å². The van der Waals surface area contributed by atoms with Crippen LogP contribution in [-0.2, 0) is 0 Å². The number of hydrogen-bond acceptors (Lipinski definition) is 5. The van der Waals surface area contributed by atoms with Crippen LogP contribution >= 0.6 is 22.7 Å². The smallest absolute Gasteiger partial charge is 0.153 e. The van der Waals surface area contributed by atoms with Crippen molar-refractivity contribution in [2.45, 2.75) is 20.8 Å². The van der Waals surface area contributed by atoms with Crippen molar-refractivity contribution in [2.75, 3.05) is 7.11 Å². The maximum atomic E-state index is 5.23. The van der Waals surface area contributed by atoms with Gasteiger partial charge in [-0.25, -0.2) is 9.97 Å². The second-order valence-electron chi connectivity index (χ2n) is 6.49. The van der Waals surface area contributed by atoms with E-state index in [-0.39, 0.29) is 0 Å². The van der Waals surface area contributed by atoms with E-state index in [2.05, 4.69) is 44.4 Å². The highest BCUT2D eigenvalue weighted by atomic mass is 32.1. The third kappa shape index (κ3) is 3.53. The number of benzene rings is 2. The molecule has 3 nitrogen and oxygen atoms in total. The van der Waals surface area contributed by atoms with Gasteiger partial charge in [0.15, 0.2) is 10.0 Å². The number of rotatable bonds is 4. The van der Waals surface area contributed by atoms with Crippen molar-refractivity contribution in [3.63, 3.8) is 0 Å². The van der Waals surface area contributed by atoms with Crippen LogP contribution in [0.2, 0.25) is 0 Å². The van der Waals surface area contributed by atoms with E-state index in [0.717, 1.165) is 32.7 Å². The fourth-order valence-corrected chi connectivity index (χ4v) is 4.71. The summed E-state index contributed by atoms with van der Waals surface area (Å²) in [6, 6.07) is 14.5. The van der Waals surface area contributed by atoms with Crippen LogP contribution in [-0.4, -0.2) is 17.1 Å². The minimum Gasteiger partial charge on any atom is -0.497 e. The molecule has 0 spiro atoms. The molecule has 2 aromatic heterocycles. The number of methoxy groups -OCH3 is 1. The summed E-state index contributed by atoms with van der Waals surface area (Å²) < 4.78 is 5.23. The van der Waals surface area contributed by atoms with Crippen LogP contribution in [0.25, 0.3) is 32.5 Å². The first kappa shape index (κ1) is 17.9. The van der Waals surface area contributed by atoms with E-state index < -0.39 is 0 Å². The zero-order valence-electron chi connectivity index (χ0n) is 15.7. The average molecular weight is 393 g/mol. The molecule has 2 heterocycles. The fraction of sp³-hybridized carbons (Fsp3) is 0.182. The Morgan fingerprint density at radius 1 is 0.815 bits per heavy atom. The average Bonchev–Trinajstić information content (AvgIpc) is 3.31. The first-order chi connectivity index (χ1) is 13.0. The Labute approximate surface area is 167 Å². The molecule has 0 fully saturated rings. The highest BCUT2D eigenvalue weighted by Gasteiger charge is 2.15. The molecule has 0 amide bonds. The van der Waals surface area contributed by atoms with Crippen LogP contribution in [0.15, 0.2) is 47.8 Å². The number of aromatic nitrogens is 2. The van der Waals surface area contributed by atoms with Gasteiger partial charge < -0.3 is 4.74 Å². The highest BCUT2D eigenvalue weighted by molar-refractivity contribution is 7.21. The lowest BCUT2D eigenvalue weighted by Gasteiger charge is -2.03. The molecule has 0 N–H and O–H groups in total. The molecule has 0 unspecified atom stereocenters. The van der Waals surface area contributed by atoms with E-state index in [4.69, 9.17) is 14.7 Å². The van der Waals surface area contributed by atoms with Crippen molar-refractivity contribution in [1.82, 2.24) is 9.97 Å². The molecular formula is C22H20N2OS2. The normalized spacial score (nSPS) is 11.0. The van der Waals surface area contributed by atoms with Crippen molar-refractivity contribution in [1.29, 1.82) is 0 Å². The van der Waals surface area contributed by atoms with Gasteiger partial charge in [0.25, 0.3) is 0 Å². The molecule has 4 rings (SSSR count). The van der Waals surface area contributed by atoms with Gasteiger partial charge in [-0.05, 0) is 62.2 Å². The molecule has 27 heavy (non-hydrogen) atoms. The van der Waals surface area contributed by atoms with E-state index >= 15 is 0 Å². The molecule has 0 bridgehead atoms. The Kier molecular flexibility index (Phi) is 4.81. The van der Waals surface area contributed by atoms with Gasteiger partial charge >= 0.3 is 0 Å². The molecular weight excluding hydrogens is 372 g/mol. The maximum absolute atomic E-state index is 5.23. The zero-order valence-corrected chi connectivity index (χ0v) is 17.4. The van der Waals surface area contributed by atoms with Crippen LogP contribution in [0.4, 0.5) is 0 Å². The van der Waals surface area contributed by atoms with Gasteiger partial charge in [-0.3, -0.25) is 0 Å². The molecule has 4 aromatic rings. The van der Waals surface area contributed by atoms with Crippen LogP contribution in [0.5, 0.6) is 5.75 Å². The Morgan fingerprint density at radius 2 is 1.56 bits per heavy atom. The highest BCUT2D eigenvalue weighted by Crippen LogP contribution is 2.36. The molecule has 0 aliphatic carbocycles. The molecule has 136 valence electrons. The van der Waals surface area contributed by atoms with Crippen LogP contribution in [0.1, 0.15) is 16.0 Å². The zero-order chi connectivity index (χ0) is 19.0. The molecule has 0 radical (unpaired) electrons. The van der Waals surface area contributed by atoms with Crippen molar-refractivity contribution in [3.05, 3.63) is 63.8 Å². The number of aryl methyl sites for hydroxylation is 3. The monoisotopic (exact) mass is 392 g/mol. The summed E-state index contributed by atoms with van der Waals surface area (Å²) in [4.78, 5) is 10.9. The van der Waals surface area contributed by atoms with Crippen molar-refractivity contribution in [2.24, 2.45) is 0 Å². The van der Waals surface area contributed by atoms with E-state index in [1.54, 1.807) is 29.8 Å². The fourth-order valence-electron chi connectivity index (χ4n) is 2.91. The van der Waals surface area contributed by atoms with Crippen molar-refractivity contribution < 1.29 is 4.74 Å². The Hall–Kier alpha value is -2.50. The summed E-state index contributed by atoms with van der Waals surface area (Å²) in [5, 5.41) is 4.03. The molecule has 0 aliphatic heterocycles. The minimum absolute atomic E-state index is 0.850. The van der Waals surface area contributed by atoms with Gasteiger partial charge in [0, 0.05) is 21.4 Å². The second-order valence-corrected chi connectivity index (χ2v) is 8.55. The first-order valence-electron chi connectivity index (χ1n) is 8.70. The molecule has 0 saturated heterocycles. The summed E-state index contributed by atoms with van der Waals surface area (Å²) >= 11 is 3.34. The second kappa shape index (κ2) is 7.25. The lowest BCUT2D eigenvalue weighted by molar-refractivity contribution is 0.415. The number of nitrogens with zero attached hydrogens (tertiary/aromatic N) is 2. The molecule has 0 aliphatic rings. The molecule has 0 atom stereocenters. The van der Waals surface area contributed by atoms with Crippen LogP contribution in [0.3, 0.4) is 0 Å².